The molecule has 0 radical (unpaired) electrons. The normalized spacial score (nSPS) is 14.8. The number of hydrogen-bond donors (Lipinski definition) is 2. The molecule has 1 aliphatic heterocycles. The summed E-state index contributed by atoms with van der Waals surface area (Å²) in [5.41, 5.74) is 5.43. The van der Waals surface area contributed by atoms with Gasteiger partial charge in [0.25, 0.3) is 0 Å². The molecule has 6 nitrogen and oxygen atoms in total. The number of H-pyrrole nitrogens is 1. The van der Waals surface area contributed by atoms with Crippen LogP contribution < -0.4 is 10.4 Å². The van der Waals surface area contributed by atoms with E-state index in [-0.39, 0.29) is 17.6 Å². The number of para-hydroxylation sites is 1. The molecule has 33 heavy (non-hydrogen) atoms. The van der Waals surface area contributed by atoms with Crippen LogP contribution in [0, 0.1) is 0 Å². The van der Waals surface area contributed by atoms with Crippen molar-refractivity contribution in [2.45, 2.75) is 19.0 Å². The minimum atomic E-state index is -0.377. The van der Waals surface area contributed by atoms with Crippen LogP contribution in [0.4, 0.5) is 0 Å². The third-order valence-electron chi connectivity index (χ3n) is 6.58. The van der Waals surface area contributed by atoms with Gasteiger partial charge in [0, 0.05) is 23.0 Å². The first-order chi connectivity index (χ1) is 16.2. The van der Waals surface area contributed by atoms with E-state index in [2.05, 4.69) is 11.1 Å². The lowest BCUT2D eigenvalue weighted by Crippen LogP contribution is -2.32. The lowest BCUT2D eigenvalue weighted by atomic mass is 9.93. The van der Waals surface area contributed by atoms with E-state index in [1.807, 2.05) is 72.8 Å². The third kappa shape index (κ3) is 2.98. The maximum atomic E-state index is 13.7. The van der Waals surface area contributed by atoms with E-state index >= 15 is 0 Å². The zero-order valence-electron chi connectivity index (χ0n) is 18.2. The number of hydrogen-bond acceptors (Lipinski definition) is 3. The fraction of sp³-hybridized carbons (Fsp3) is 0.148. The van der Waals surface area contributed by atoms with E-state index in [0.29, 0.717) is 18.7 Å². The van der Waals surface area contributed by atoms with E-state index in [1.54, 1.807) is 11.7 Å². The lowest BCUT2D eigenvalue weighted by molar-refractivity contribution is 0.414. The van der Waals surface area contributed by atoms with Crippen LogP contribution >= 0.6 is 0 Å². The number of aromatic amines is 1. The van der Waals surface area contributed by atoms with Gasteiger partial charge in [0.2, 0.25) is 5.88 Å². The van der Waals surface area contributed by atoms with Crippen LogP contribution in [0.3, 0.4) is 0 Å². The zero-order chi connectivity index (χ0) is 22.5. The quantitative estimate of drug-likeness (QED) is 0.428. The van der Waals surface area contributed by atoms with Gasteiger partial charge in [-0.3, -0.25) is 9.13 Å². The summed E-state index contributed by atoms with van der Waals surface area (Å²) in [4.78, 5) is 17.3. The number of benzene rings is 3. The summed E-state index contributed by atoms with van der Waals surface area (Å²) in [6.45, 7) is 0.315. The van der Waals surface area contributed by atoms with Crippen molar-refractivity contribution in [3.63, 3.8) is 0 Å². The number of nitrogens with zero attached hydrogens (tertiary/aromatic N) is 2. The molecular weight excluding hydrogens is 414 g/mol. The Morgan fingerprint density at radius 3 is 2.48 bits per heavy atom. The Hall–Kier alpha value is -4.19. The molecule has 2 aromatic heterocycles. The molecule has 0 spiro atoms. The molecule has 0 amide bonds. The van der Waals surface area contributed by atoms with Gasteiger partial charge in [-0.15, -0.1) is 0 Å². The van der Waals surface area contributed by atoms with E-state index in [1.165, 1.54) is 4.57 Å². The maximum absolute atomic E-state index is 13.7. The Morgan fingerprint density at radius 2 is 1.73 bits per heavy atom. The van der Waals surface area contributed by atoms with Crippen molar-refractivity contribution in [1.29, 1.82) is 0 Å². The average molecular weight is 437 g/mol. The molecule has 0 aliphatic carbocycles. The molecule has 0 bridgehead atoms. The molecule has 0 saturated carbocycles. The van der Waals surface area contributed by atoms with Crippen molar-refractivity contribution >= 4 is 10.9 Å². The summed E-state index contributed by atoms with van der Waals surface area (Å²) >= 11 is 0. The lowest BCUT2D eigenvalue weighted by Gasteiger charge is -2.26. The SMILES string of the molecule is COc1ccc([C@@H]2c3[nH]c4ccccc4c3Cc3c(O)n(Cc4ccccc4)c(=O)n32)cc1. The van der Waals surface area contributed by atoms with E-state index in [0.717, 1.165) is 39.0 Å². The molecule has 1 atom stereocenters. The second kappa shape index (κ2) is 7.45. The Labute approximate surface area is 190 Å². The van der Waals surface area contributed by atoms with Gasteiger partial charge >= 0.3 is 5.69 Å². The first-order valence-corrected chi connectivity index (χ1v) is 11.0. The van der Waals surface area contributed by atoms with Gasteiger partial charge < -0.3 is 14.8 Å². The standard InChI is InChI=1S/C27H23N3O3/c1-33-19-13-11-18(12-14-19)25-24-21(20-9-5-6-10-22(20)28-24)15-23-26(31)29(27(32)30(23)25)16-17-7-3-2-4-8-17/h2-14,25,28,31H,15-16H2,1H3/t25-/m1/s1. The fourth-order valence-corrected chi connectivity index (χ4v) is 4.98. The number of rotatable bonds is 4. The average Bonchev–Trinajstić information content (AvgIpc) is 3.34. The Morgan fingerprint density at radius 1 is 1.00 bits per heavy atom. The van der Waals surface area contributed by atoms with Gasteiger partial charge in [0.05, 0.1) is 19.3 Å². The molecule has 3 aromatic carbocycles. The number of nitrogens with one attached hydrogen (secondary N) is 1. The van der Waals surface area contributed by atoms with Crippen molar-refractivity contribution in [3.8, 4) is 11.6 Å². The summed E-state index contributed by atoms with van der Waals surface area (Å²) in [6.07, 6.45) is 0.481. The summed E-state index contributed by atoms with van der Waals surface area (Å²) in [5, 5.41) is 12.3. The van der Waals surface area contributed by atoms with Crippen molar-refractivity contribution in [2.24, 2.45) is 0 Å². The molecule has 0 saturated heterocycles. The molecule has 0 unspecified atom stereocenters. The second-order valence-electron chi connectivity index (χ2n) is 8.41. The van der Waals surface area contributed by atoms with Crippen LogP contribution in [0.5, 0.6) is 11.6 Å². The molecular formula is C27H23N3O3. The minimum Gasteiger partial charge on any atom is -0.497 e. The summed E-state index contributed by atoms with van der Waals surface area (Å²) in [5.74, 6) is 0.779. The fourth-order valence-electron chi connectivity index (χ4n) is 4.98. The van der Waals surface area contributed by atoms with Gasteiger partial charge in [0.1, 0.15) is 11.8 Å². The van der Waals surface area contributed by atoms with Crippen LogP contribution in [0.25, 0.3) is 10.9 Å². The predicted molar refractivity (Wildman–Crippen MR) is 127 cm³/mol. The first-order valence-electron chi connectivity index (χ1n) is 11.0. The highest BCUT2D eigenvalue weighted by Crippen LogP contribution is 2.41. The van der Waals surface area contributed by atoms with Gasteiger partial charge in [-0.25, -0.2) is 4.79 Å². The van der Waals surface area contributed by atoms with Crippen molar-refractivity contribution in [3.05, 3.63) is 117 Å². The van der Waals surface area contributed by atoms with Gasteiger partial charge in [-0.1, -0.05) is 60.7 Å². The Kier molecular flexibility index (Phi) is 4.40. The smallest absolute Gasteiger partial charge is 0.332 e. The Bertz CT molecular complexity index is 1530. The zero-order valence-corrected chi connectivity index (χ0v) is 18.2. The van der Waals surface area contributed by atoms with Crippen LogP contribution in [-0.4, -0.2) is 26.3 Å². The van der Waals surface area contributed by atoms with Crippen LogP contribution in [0.2, 0.25) is 0 Å². The van der Waals surface area contributed by atoms with Crippen LogP contribution in [0.15, 0.2) is 83.7 Å². The molecule has 5 aromatic rings. The second-order valence-corrected chi connectivity index (χ2v) is 8.41. The predicted octanol–water partition coefficient (Wildman–Crippen LogP) is 4.44. The number of ether oxygens (including phenoxy) is 1. The number of imidazole rings is 1. The van der Waals surface area contributed by atoms with Crippen molar-refractivity contribution < 1.29 is 9.84 Å². The third-order valence-corrected chi connectivity index (χ3v) is 6.58. The highest BCUT2D eigenvalue weighted by molar-refractivity contribution is 5.86. The highest BCUT2D eigenvalue weighted by Gasteiger charge is 2.35. The summed E-state index contributed by atoms with van der Waals surface area (Å²) in [6, 6.07) is 25.2. The first kappa shape index (κ1) is 19.5. The molecule has 6 heteroatoms. The number of aromatic hydroxyl groups is 1. The highest BCUT2D eigenvalue weighted by atomic mass is 16.5. The van der Waals surface area contributed by atoms with E-state index in [9.17, 15) is 9.90 Å². The van der Waals surface area contributed by atoms with Crippen LogP contribution in [-0.2, 0) is 13.0 Å². The van der Waals surface area contributed by atoms with Crippen LogP contribution in [0.1, 0.15) is 34.1 Å². The monoisotopic (exact) mass is 437 g/mol. The van der Waals surface area contributed by atoms with Crippen molar-refractivity contribution in [2.75, 3.05) is 7.11 Å². The number of methoxy groups -OCH3 is 1. The van der Waals surface area contributed by atoms with E-state index < -0.39 is 0 Å². The summed E-state index contributed by atoms with van der Waals surface area (Å²) in [7, 11) is 1.63. The van der Waals surface area contributed by atoms with Gasteiger partial charge in [-0.05, 0) is 34.9 Å². The molecule has 0 fully saturated rings. The Balaban J connectivity index is 1.58. The molecule has 1 aliphatic rings. The number of aromatic nitrogens is 3. The summed E-state index contributed by atoms with van der Waals surface area (Å²) < 4.78 is 8.54. The molecule has 3 heterocycles. The van der Waals surface area contributed by atoms with Crippen molar-refractivity contribution in [1.82, 2.24) is 14.1 Å². The van der Waals surface area contributed by atoms with Gasteiger partial charge in [0.15, 0.2) is 0 Å². The molecule has 2 N–H and O–H groups in total. The minimum absolute atomic E-state index is 0.0262. The van der Waals surface area contributed by atoms with E-state index in [4.69, 9.17) is 4.74 Å². The van der Waals surface area contributed by atoms with Gasteiger partial charge in [-0.2, -0.15) is 0 Å². The number of fused-ring (bicyclic) bond motifs is 4. The topological polar surface area (TPSA) is 72.2 Å². The maximum Gasteiger partial charge on any atom is 0.332 e. The molecule has 164 valence electrons. The largest absolute Gasteiger partial charge is 0.497 e. The molecule has 6 rings (SSSR count).